The second-order valence-electron chi connectivity index (χ2n) is 21.0. The average Bonchev–Trinajstić information content (AvgIpc) is 3.43. The molecule has 0 bridgehead atoms. The van der Waals surface area contributed by atoms with E-state index >= 15 is 0 Å². The summed E-state index contributed by atoms with van der Waals surface area (Å²) in [5.74, 6) is -3.16. The predicted molar refractivity (Wildman–Crippen MR) is 312 cm³/mol. The van der Waals surface area contributed by atoms with Crippen LogP contribution in [0.3, 0.4) is 0 Å². The van der Waals surface area contributed by atoms with E-state index in [-0.39, 0.29) is 25.9 Å². The van der Waals surface area contributed by atoms with Crippen molar-refractivity contribution >= 4 is 23.9 Å². The van der Waals surface area contributed by atoms with Gasteiger partial charge in [0.05, 0.1) is 6.61 Å². The Labute approximate surface area is 468 Å². The molecule has 1 saturated heterocycles. The van der Waals surface area contributed by atoms with E-state index < -0.39 is 67.3 Å². The highest BCUT2D eigenvalue weighted by Crippen LogP contribution is 2.26. The van der Waals surface area contributed by atoms with Gasteiger partial charge in [-0.1, -0.05) is 229 Å². The van der Waals surface area contributed by atoms with E-state index in [0.717, 1.165) is 116 Å². The Hall–Kier alpha value is -3.84. The Morgan fingerprint density at radius 2 is 0.818 bits per heavy atom. The van der Waals surface area contributed by atoms with Gasteiger partial charge in [0.1, 0.15) is 18.8 Å². The van der Waals surface area contributed by atoms with E-state index in [1.54, 1.807) is 0 Å². The van der Waals surface area contributed by atoms with Gasteiger partial charge in [-0.25, -0.2) is 4.79 Å². The summed E-state index contributed by atoms with van der Waals surface area (Å²) in [7, 11) is 0. The summed E-state index contributed by atoms with van der Waals surface area (Å²) in [6.45, 7) is 5.85. The molecule has 77 heavy (non-hydrogen) atoms. The number of esters is 3. The van der Waals surface area contributed by atoms with E-state index in [1.807, 2.05) is 0 Å². The largest absolute Gasteiger partial charge is 0.479 e. The van der Waals surface area contributed by atoms with Gasteiger partial charge >= 0.3 is 23.9 Å². The number of carboxylic acid groups (broad SMARTS) is 1. The van der Waals surface area contributed by atoms with Crippen molar-refractivity contribution in [2.45, 2.75) is 302 Å². The molecular formula is C65H110O12. The number of hydrogen-bond acceptors (Lipinski definition) is 11. The normalized spacial score (nSPS) is 18.5. The molecule has 1 fully saturated rings. The smallest absolute Gasteiger partial charge is 0.335 e. The minimum Gasteiger partial charge on any atom is -0.479 e. The quantitative estimate of drug-likeness (QED) is 0.0228. The number of rotatable bonds is 52. The van der Waals surface area contributed by atoms with Gasteiger partial charge in [-0.3, -0.25) is 14.4 Å². The molecule has 1 heterocycles. The fraction of sp³-hybridized carbons (Fsp3) is 0.754. The molecule has 0 amide bonds. The number of aliphatic hydroxyl groups excluding tert-OH is 2. The van der Waals surface area contributed by atoms with Crippen LogP contribution in [0.1, 0.15) is 265 Å². The summed E-state index contributed by atoms with van der Waals surface area (Å²) < 4.78 is 28.5. The SMILES string of the molecule is CC/C=C\C/C=C\C/C=C\C/C=C\CCCCCCC(=O)OC1C(OCC(COC(=O)CCCCCCC/C=C\C/C=C\CCCCC)OC(=O)CCCCCCCCCCCCCCCCC)OC(C(=O)O)C(O)C1O. The molecule has 0 aromatic carbocycles. The molecule has 1 aliphatic heterocycles. The van der Waals surface area contributed by atoms with Crippen molar-refractivity contribution in [2.75, 3.05) is 13.2 Å². The van der Waals surface area contributed by atoms with Crippen LogP contribution in [0.5, 0.6) is 0 Å². The Morgan fingerprint density at radius 3 is 1.27 bits per heavy atom. The van der Waals surface area contributed by atoms with Crippen LogP contribution in [0.25, 0.3) is 0 Å². The van der Waals surface area contributed by atoms with Gasteiger partial charge in [0.15, 0.2) is 24.6 Å². The van der Waals surface area contributed by atoms with Gasteiger partial charge in [0.25, 0.3) is 0 Å². The topological polar surface area (TPSA) is 175 Å². The van der Waals surface area contributed by atoms with E-state index in [1.165, 1.54) is 89.9 Å². The van der Waals surface area contributed by atoms with Gasteiger partial charge in [0, 0.05) is 19.3 Å². The predicted octanol–water partition coefficient (Wildman–Crippen LogP) is 16.1. The molecule has 0 aromatic rings. The van der Waals surface area contributed by atoms with E-state index in [0.29, 0.717) is 19.3 Å². The summed E-state index contributed by atoms with van der Waals surface area (Å²) in [6, 6.07) is 0. The summed E-state index contributed by atoms with van der Waals surface area (Å²) >= 11 is 0. The van der Waals surface area contributed by atoms with E-state index in [9.17, 15) is 34.5 Å². The van der Waals surface area contributed by atoms with E-state index in [4.69, 9.17) is 23.7 Å². The highest BCUT2D eigenvalue weighted by Gasteiger charge is 2.50. The average molecular weight is 1080 g/mol. The number of ether oxygens (including phenoxy) is 5. The third-order valence-corrected chi connectivity index (χ3v) is 13.8. The third kappa shape index (κ3) is 42.7. The first-order valence-corrected chi connectivity index (χ1v) is 30.9. The summed E-state index contributed by atoms with van der Waals surface area (Å²) in [5, 5.41) is 31.5. The van der Waals surface area contributed by atoms with Crippen molar-refractivity contribution in [2.24, 2.45) is 0 Å². The zero-order valence-electron chi connectivity index (χ0n) is 48.7. The monoisotopic (exact) mass is 1080 g/mol. The van der Waals surface area contributed by atoms with Crippen molar-refractivity contribution in [1.82, 2.24) is 0 Å². The van der Waals surface area contributed by atoms with Crippen molar-refractivity contribution < 1.29 is 58.2 Å². The molecule has 1 aliphatic rings. The van der Waals surface area contributed by atoms with Gasteiger partial charge < -0.3 is 39.0 Å². The molecule has 12 nitrogen and oxygen atoms in total. The Kier molecular flexibility index (Phi) is 48.8. The summed E-state index contributed by atoms with van der Waals surface area (Å²) in [5.41, 5.74) is 0. The molecule has 0 aromatic heterocycles. The molecule has 0 aliphatic carbocycles. The molecule has 442 valence electrons. The van der Waals surface area contributed by atoms with Crippen molar-refractivity contribution in [3.63, 3.8) is 0 Å². The Balaban J connectivity index is 2.70. The number of allylic oxidation sites excluding steroid dienone is 12. The lowest BCUT2D eigenvalue weighted by Gasteiger charge is -2.40. The van der Waals surface area contributed by atoms with Crippen molar-refractivity contribution in [1.29, 1.82) is 0 Å². The standard InChI is InChI=1S/C65H110O12/c1-4-7-10-13-16-19-22-25-28-29-32-35-38-41-44-47-50-53-59(68)76-63-61(70)60(69)62(64(71)72)77-65(63)74-55-56(75-58(67)52-49-46-43-40-37-34-31-27-24-21-18-15-12-9-6-3)54-73-57(66)51-48-45-42-39-36-33-30-26-23-20-17-14-11-8-5-2/h7,10,16-17,19-20,25-26,28,30,32,35,56,60-63,65,69-70H,4-6,8-9,11-15,18,21-24,27,29,31,33-34,36-55H2,1-3H3,(H,71,72)/b10-7-,19-16-,20-17-,28-25-,30-26-,35-32-. The van der Waals surface area contributed by atoms with Gasteiger partial charge in [-0.05, 0) is 89.9 Å². The second kappa shape index (κ2) is 52.8. The van der Waals surface area contributed by atoms with Gasteiger partial charge in [0.2, 0.25) is 0 Å². The zero-order valence-corrected chi connectivity index (χ0v) is 48.7. The summed E-state index contributed by atoms with van der Waals surface area (Å²) in [6.07, 6.45) is 54.3. The highest BCUT2D eigenvalue weighted by molar-refractivity contribution is 5.74. The number of unbranched alkanes of at least 4 members (excludes halogenated alkanes) is 26. The molecule has 6 atom stereocenters. The lowest BCUT2D eigenvalue weighted by Crippen LogP contribution is -2.61. The molecule has 1 rings (SSSR count). The number of aliphatic carboxylic acids is 1. The van der Waals surface area contributed by atoms with Crippen LogP contribution >= 0.6 is 0 Å². The lowest BCUT2D eigenvalue weighted by atomic mass is 9.98. The number of hydrogen-bond donors (Lipinski definition) is 3. The molecule has 3 N–H and O–H groups in total. The fourth-order valence-corrected chi connectivity index (χ4v) is 9.04. The van der Waals surface area contributed by atoms with Crippen molar-refractivity contribution in [3.05, 3.63) is 72.9 Å². The van der Waals surface area contributed by atoms with Crippen LogP contribution in [0, 0.1) is 0 Å². The van der Waals surface area contributed by atoms with Crippen LogP contribution < -0.4 is 0 Å². The van der Waals surface area contributed by atoms with Crippen LogP contribution in [0.2, 0.25) is 0 Å². The maximum atomic E-state index is 13.2. The molecule has 0 spiro atoms. The highest BCUT2D eigenvalue weighted by atomic mass is 16.7. The minimum absolute atomic E-state index is 0.0303. The maximum Gasteiger partial charge on any atom is 0.335 e. The maximum absolute atomic E-state index is 13.2. The number of carbonyl (C=O) groups is 4. The summed E-state index contributed by atoms with van der Waals surface area (Å²) in [4.78, 5) is 51.2. The van der Waals surface area contributed by atoms with Gasteiger partial charge in [-0.15, -0.1) is 0 Å². The number of carboxylic acids is 1. The fourth-order valence-electron chi connectivity index (χ4n) is 9.04. The molecule has 12 heteroatoms. The second-order valence-corrected chi connectivity index (χ2v) is 21.0. The first-order chi connectivity index (χ1) is 37.6. The van der Waals surface area contributed by atoms with Crippen LogP contribution in [-0.4, -0.2) is 89.2 Å². The molecular weight excluding hydrogens is 973 g/mol. The van der Waals surface area contributed by atoms with Crippen LogP contribution in [0.4, 0.5) is 0 Å². The Bertz CT molecular complexity index is 1620. The zero-order chi connectivity index (χ0) is 56.1. The minimum atomic E-state index is -1.91. The number of aliphatic hydroxyl groups is 2. The molecule has 6 unspecified atom stereocenters. The first-order valence-electron chi connectivity index (χ1n) is 30.9. The third-order valence-electron chi connectivity index (χ3n) is 13.8. The van der Waals surface area contributed by atoms with Crippen LogP contribution in [-0.2, 0) is 42.9 Å². The van der Waals surface area contributed by atoms with Crippen molar-refractivity contribution in [3.8, 4) is 0 Å². The molecule has 0 saturated carbocycles. The van der Waals surface area contributed by atoms with E-state index in [2.05, 4.69) is 93.7 Å². The van der Waals surface area contributed by atoms with Crippen LogP contribution in [0.15, 0.2) is 72.9 Å². The van der Waals surface area contributed by atoms with Gasteiger partial charge in [-0.2, -0.15) is 0 Å². The first kappa shape index (κ1) is 71.2. The lowest BCUT2D eigenvalue weighted by molar-refractivity contribution is -0.301. The Morgan fingerprint density at radius 1 is 0.442 bits per heavy atom. The number of carbonyl (C=O) groups excluding carboxylic acids is 3. The molecule has 0 radical (unpaired) electrons.